The van der Waals surface area contributed by atoms with Crippen LogP contribution in [0.4, 0.5) is 0 Å². The first kappa shape index (κ1) is 43.9. The van der Waals surface area contributed by atoms with E-state index in [-0.39, 0.29) is 5.75 Å². The highest BCUT2D eigenvalue weighted by atomic mass is 16.7. The Morgan fingerprint density at radius 2 is 0.964 bits per heavy atom. The van der Waals surface area contributed by atoms with Crippen LogP contribution in [0.25, 0.3) is 0 Å². The van der Waals surface area contributed by atoms with Gasteiger partial charge < -0.3 is 62.3 Å². The molecule has 10 atom stereocenters. The molecule has 1 aromatic carbocycles. The summed E-state index contributed by atoms with van der Waals surface area (Å²) in [7, 11) is 0. The zero-order valence-corrected chi connectivity index (χ0v) is 31.0. The van der Waals surface area contributed by atoms with Gasteiger partial charge in [-0.25, -0.2) is 0 Å². The van der Waals surface area contributed by atoms with Crippen molar-refractivity contribution in [1.29, 1.82) is 0 Å². The Morgan fingerprint density at radius 3 is 1.42 bits per heavy atom. The maximum absolute atomic E-state index is 12.8. The van der Waals surface area contributed by atoms with Gasteiger partial charge >= 0.3 is 41.8 Å². The molecule has 2 aliphatic rings. The van der Waals surface area contributed by atoms with E-state index in [9.17, 15) is 48.6 Å². The first-order valence-electron chi connectivity index (χ1n) is 16.5. The molecular weight excluding hydrogens is 744 g/mol. The molecule has 0 aromatic heterocycles. The summed E-state index contributed by atoms with van der Waals surface area (Å²) >= 11 is 0. The molecule has 0 radical (unpaired) electrons. The van der Waals surface area contributed by atoms with Crippen LogP contribution >= 0.6 is 0 Å². The van der Waals surface area contributed by atoms with Crippen molar-refractivity contribution in [2.24, 2.45) is 0 Å². The second-order valence-corrected chi connectivity index (χ2v) is 12.2. The number of esters is 7. The van der Waals surface area contributed by atoms with Gasteiger partial charge in [-0.1, -0.05) is 0 Å². The highest BCUT2D eigenvalue weighted by Crippen LogP contribution is 2.39. The van der Waals surface area contributed by atoms with Gasteiger partial charge in [-0.05, 0) is 6.92 Å². The van der Waals surface area contributed by atoms with Gasteiger partial charge in [-0.15, -0.1) is 0 Å². The van der Waals surface area contributed by atoms with Crippen LogP contribution in [0.15, 0.2) is 12.1 Å². The largest absolute Gasteiger partial charge is 0.507 e. The molecule has 5 unspecified atom stereocenters. The molecule has 21 heteroatoms. The lowest BCUT2D eigenvalue weighted by Crippen LogP contribution is -2.63. The lowest BCUT2D eigenvalue weighted by atomic mass is 9.98. The van der Waals surface area contributed by atoms with Crippen molar-refractivity contribution in [2.75, 3.05) is 13.2 Å². The zero-order valence-electron chi connectivity index (χ0n) is 31.0. The first-order chi connectivity index (χ1) is 25.7. The van der Waals surface area contributed by atoms with Crippen LogP contribution in [0, 0.1) is 0 Å². The van der Waals surface area contributed by atoms with Crippen LogP contribution in [0.2, 0.25) is 0 Å². The van der Waals surface area contributed by atoms with Crippen molar-refractivity contribution in [2.45, 2.75) is 117 Å². The molecule has 0 saturated carbocycles. The van der Waals surface area contributed by atoms with Crippen LogP contribution in [0.3, 0.4) is 0 Å². The molecule has 0 amide bonds. The fourth-order valence-corrected chi connectivity index (χ4v) is 5.62. The Labute approximate surface area is 313 Å². The van der Waals surface area contributed by atoms with Crippen molar-refractivity contribution in [1.82, 2.24) is 0 Å². The standard InChI is InChI=1S/C34H42O21/c1-13(35)26-22(43)9-21(10-23(26)53-33-27(44)30(49-18(6)40)28(47-16(4)38)24(54-33)11-45-14(2)36)52-34-32(51-20(8)42)31(50-19(7)41)29(48-17(5)39)25(55-34)12-46-15(3)37/h9-10,24-25,27-34,43-44H,11-12H2,1-8H3/t24?,25?,27?,28-,29+,30+,31+,32-,33?,34?/m1/s1. The highest BCUT2D eigenvalue weighted by molar-refractivity contribution is 5.99. The van der Waals surface area contributed by atoms with Crippen LogP contribution in [0.5, 0.6) is 17.2 Å². The number of Topliss-reactive ketones (excluding diaryl/α,β-unsaturated/α-hetero) is 1. The van der Waals surface area contributed by atoms with Crippen molar-refractivity contribution in [3.05, 3.63) is 17.7 Å². The number of hydrogen-bond acceptors (Lipinski definition) is 21. The number of ketones is 1. The van der Waals surface area contributed by atoms with Crippen LogP contribution in [-0.2, 0) is 76.2 Å². The van der Waals surface area contributed by atoms with E-state index in [1.807, 2.05) is 0 Å². The first-order valence-corrected chi connectivity index (χ1v) is 16.5. The molecule has 2 heterocycles. The fraction of sp³-hybridized carbons (Fsp3) is 0.588. The number of aliphatic hydroxyl groups is 1. The number of phenolic OH excluding ortho intramolecular Hbond substituents is 1. The number of ether oxygens (including phenoxy) is 11. The minimum atomic E-state index is -1.95. The molecule has 55 heavy (non-hydrogen) atoms. The molecule has 1 aromatic rings. The minimum Gasteiger partial charge on any atom is -0.507 e. The summed E-state index contributed by atoms with van der Waals surface area (Å²) in [6.07, 6.45) is -16.4. The average Bonchev–Trinajstić information content (AvgIpc) is 3.03. The monoisotopic (exact) mass is 786 g/mol. The Morgan fingerprint density at radius 1 is 0.545 bits per heavy atom. The van der Waals surface area contributed by atoms with Gasteiger partial charge in [0.05, 0.1) is 0 Å². The molecule has 2 N–H and O–H groups in total. The van der Waals surface area contributed by atoms with E-state index in [0.717, 1.165) is 67.5 Å². The average molecular weight is 787 g/mol. The lowest BCUT2D eigenvalue weighted by molar-refractivity contribution is -0.288. The van der Waals surface area contributed by atoms with Crippen molar-refractivity contribution >= 4 is 47.6 Å². The van der Waals surface area contributed by atoms with Crippen LogP contribution in [-0.4, -0.2) is 132 Å². The smallest absolute Gasteiger partial charge is 0.303 e. The summed E-state index contributed by atoms with van der Waals surface area (Å²) in [4.78, 5) is 96.6. The maximum Gasteiger partial charge on any atom is 0.303 e. The third-order valence-corrected chi connectivity index (χ3v) is 7.52. The molecule has 0 spiro atoms. The molecule has 2 fully saturated rings. The number of hydrogen-bond donors (Lipinski definition) is 2. The molecule has 304 valence electrons. The Bertz CT molecular complexity index is 1640. The second kappa shape index (κ2) is 19.2. The highest BCUT2D eigenvalue weighted by Gasteiger charge is 2.54. The van der Waals surface area contributed by atoms with E-state index >= 15 is 0 Å². The maximum atomic E-state index is 12.8. The zero-order chi connectivity index (χ0) is 41.3. The second-order valence-electron chi connectivity index (χ2n) is 12.2. The number of carbonyl (C=O) groups is 8. The van der Waals surface area contributed by atoms with E-state index < -0.39 is 139 Å². The van der Waals surface area contributed by atoms with Crippen molar-refractivity contribution in [3.63, 3.8) is 0 Å². The molecule has 21 nitrogen and oxygen atoms in total. The summed E-state index contributed by atoms with van der Waals surface area (Å²) in [6, 6.07) is 1.94. The number of carbonyl (C=O) groups excluding carboxylic acids is 8. The van der Waals surface area contributed by atoms with Gasteiger partial charge in [0.1, 0.15) is 48.2 Å². The summed E-state index contributed by atoms with van der Waals surface area (Å²) in [6.45, 7) is 7.14. The fourth-order valence-electron chi connectivity index (χ4n) is 5.62. The van der Waals surface area contributed by atoms with Crippen LogP contribution in [0.1, 0.15) is 65.7 Å². The van der Waals surface area contributed by atoms with Gasteiger partial charge in [0.15, 0.2) is 36.3 Å². The molecule has 2 saturated heterocycles. The Hall–Kier alpha value is -5.54. The van der Waals surface area contributed by atoms with Crippen molar-refractivity contribution in [3.8, 4) is 17.2 Å². The summed E-state index contributed by atoms with van der Waals surface area (Å²) in [5.41, 5.74) is -0.479. The van der Waals surface area contributed by atoms with Gasteiger partial charge in [-0.2, -0.15) is 0 Å². The SMILES string of the molecule is CC(=O)OCC1OC(Oc2cc(OC3OC(COC(C)=O)[C@H](OC(C)=O)[C@H](OC(C)=O)[C@H]3OC(C)=O)cc(O)c2C(C)=O)C(O)[C@H](OC(C)=O)[C@@H]1OC(C)=O. The normalized spacial score (nSPS) is 27.3. The van der Waals surface area contributed by atoms with Gasteiger partial charge in [0.2, 0.25) is 18.7 Å². The van der Waals surface area contributed by atoms with E-state index in [1.54, 1.807) is 0 Å². The Balaban J connectivity index is 2.11. The summed E-state index contributed by atoms with van der Waals surface area (Å²) in [5.74, 6) is -8.48. The number of aromatic hydroxyl groups is 1. The minimum absolute atomic E-state index is 0.380. The van der Waals surface area contributed by atoms with E-state index in [2.05, 4.69) is 0 Å². The molecule has 3 rings (SSSR count). The third-order valence-electron chi connectivity index (χ3n) is 7.52. The van der Waals surface area contributed by atoms with Crippen LogP contribution < -0.4 is 9.47 Å². The summed E-state index contributed by atoms with van der Waals surface area (Å²) < 4.78 is 60.2. The van der Waals surface area contributed by atoms with Crippen molar-refractivity contribution < 1.29 is 101 Å². The Kier molecular flexibility index (Phi) is 15.3. The van der Waals surface area contributed by atoms with Gasteiger partial charge in [0, 0.05) is 60.6 Å². The lowest BCUT2D eigenvalue weighted by Gasteiger charge is -2.44. The topological polar surface area (TPSA) is 279 Å². The van der Waals surface area contributed by atoms with E-state index in [0.29, 0.717) is 0 Å². The molecule has 0 aliphatic carbocycles. The van der Waals surface area contributed by atoms with Gasteiger partial charge in [-0.3, -0.25) is 38.4 Å². The predicted octanol–water partition coefficient (Wildman–Crippen LogP) is -0.0522. The number of aliphatic hydroxyl groups excluding tert-OH is 1. The quantitative estimate of drug-likeness (QED) is 0.142. The number of phenols is 1. The molecule has 0 bridgehead atoms. The van der Waals surface area contributed by atoms with E-state index in [1.165, 1.54) is 0 Å². The number of benzene rings is 1. The third kappa shape index (κ3) is 12.2. The molecular formula is C34H42O21. The van der Waals surface area contributed by atoms with Gasteiger partial charge in [0.25, 0.3) is 0 Å². The molecule has 2 aliphatic heterocycles. The summed E-state index contributed by atoms with van der Waals surface area (Å²) in [5, 5.41) is 22.3. The van der Waals surface area contributed by atoms with E-state index in [4.69, 9.17) is 52.1 Å². The number of rotatable bonds is 14. The predicted molar refractivity (Wildman–Crippen MR) is 174 cm³/mol.